The van der Waals surface area contributed by atoms with Gasteiger partial charge in [0.25, 0.3) is 11.8 Å². The second-order valence-electron chi connectivity index (χ2n) is 13.4. The number of alkyl halides is 10. The molecule has 7 nitrogen and oxygen atoms in total. The van der Waals surface area contributed by atoms with E-state index in [0.29, 0.717) is 19.8 Å². The Bertz CT molecular complexity index is 1930. The van der Waals surface area contributed by atoms with Crippen molar-refractivity contribution in [3.8, 4) is 0 Å². The lowest BCUT2D eigenvalue weighted by molar-refractivity contribution is -0.348. The summed E-state index contributed by atoms with van der Waals surface area (Å²) in [6.07, 6.45) is -11.7. The number of imidazole rings is 1. The van der Waals surface area contributed by atoms with Crippen LogP contribution in [0.5, 0.6) is 0 Å². The smallest absolute Gasteiger partial charge is 0.352 e. The molecule has 1 aromatic heterocycles. The molecular formula is C33H33F10IN4O3S. The van der Waals surface area contributed by atoms with E-state index < -0.39 is 86.7 Å². The standard InChI is InChI=1S/C33H33F10IN4O3S/c1-17-13-18(9-11-22(17)45-26(49)20-7-6-8-21(44)25(20)27(50)47-29(2,3)16-52(4,5)51)15-48-24-12-10-19(14-23(24)46-28(48)31(35,36)37)30(34,32(38,39)40)33(41,42)43/h6-8,10-14,18,51H,9,15-16H2,1-5H3,(H,45,49)(H,47,50). The Morgan fingerprint density at radius 2 is 1.60 bits per heavy atom. The number of aromatic nitrogens is 2. The number of nitrogens with one attached hydrogen (secondary N) is 2. The summed E-state index contributed by atoms with van der Waals surface area (Å²) in [5, 5.41) is 5.57. The first-order chi connectivity index (χ1) is 23.6. The van der Waals surface area contributed by atoms with Gasteiger partial charge < -0.3 is 19.8 Å². The number of carbonyl (C=O) groups excluding carboxylic acids is 2. The molecule has 1 aliphatic carbocycles. The molecule has 0 fully saturated rings. The molecule has 0 spiro atoms. The van der Waals surface area contributed by atoms with Crippen molar-refractivity contribution in [2.45, 2.75) is 63.5 Å². The topological polar surface area (TPSA) is 96.2 Å². The largest absolute Gasteiger partial charge is 0.449 e. The van der Waals surface area contributed by atoms with Crippen LogP contribution in [0.2, 0.25) is 0 Å². The van der Waals surface area contributed by atoms with Gasteiger partial charge in [-0.2, -0.15) is 39.5 Å². The van der Waals surface area contributed by atoms with Crippen LogP contribution in [0.25, 0.3) is 11.0 Å². The summed E-state index contributed by atoms with van der Waals surface area (Å²) in [7, 11) is -1.99. The van der Waals surface area contributed by atoms with Crippen LogP contribution in [-0.2, 0) is 18.4 Å². The molecule has 1 unspecified atom stereocenters. The molecule has 52 heavy (non-hydrogen) atoms. The first-order valence-electron chi connectivity index (χ1n) is 15.2. The third-order valence-corrected chi connectivity index (χ3v) is 10.4. The van der Waals surface area contributed by atoms with E-state index in [0.717, 1.165) is 0 Å². The molecule has 0 saturated carbocycles. The van der Waals surface area contributed by atoms with E-state index in [1.807, 2.05) is 22.6 Å². The third kappa shape index (κ3) is 8.72. The van der Waals surface area contributed by atoms with Gasteiger partial charge in [-0.1, -0.05) is 24.3 Å². The Hall–Kier alpha value is -3.33. The fraction of sp³-hybridized carbons (Fsp3) is 0.424. The molecule has 3 aromatic rings. The number of fused-ring (bicyclic) bond motifs is 1. The van der Waals surface area contributed by atoms with Gasteiger partial charge in [0.1, 0.15) is 0 Å². The molecule has 0 saturated heterocycles. The highest BCUT2D eigenvalue weighted by Gasteiger charge is 2.73. The maximum atomic E-state index is 14.7. The van der Waals surface area contributed by atoms with Crippen molar-refractivity contribution in [1.29, 1.82) is 0 Å². The Morgan fingerprint density at radius 1 is 0.981 bits per heavy atom. The monoisotopic (exact) mass is 882 g/mol. The molecule has 1 heterocycles. The molecule has 3 N–H and O–H groups in total. The third-order valence-electron chi connectivity index (χ3n) is 8.03. The fourth-order valence-electron chi connectivity index (χ4n) is 6.11. The van der Waals surface area contributed by atoms with Gasteiger partial charge in [-0.25, -0.2) is 9.37 Å². The summed E-state index contributed by atoms with van der Waals surface area (Å²) >= 11 is 1.91. The Kier molecular flexibility index (Phi) is 11.3. The van der Waals surface area contributed by atoms with Crippen molar-refractivity contribution in [2.75, 3.05) is 18.3 Å². The predicted octanol–water partition coefficient (Wildman–Crippen LogP) is 9.27. The molecule has 2 aromatic carbocycles. The molecule has 0 radical (unpaired) electrons. The molecule has 2 amide bonds. The van der Waals surface area contributed by atoms with Gasteiger partial charge in [-0.3, -0.25) is 9.59 Å². The van der Waals surface area contributed by atoms with E-state index in [-0.39, 0.29) is 41.1 Å². The lowest BCUT2D eigenvalue weighted by Crippen LogP contribution is -2.50. The molecular weight excluding hydrogens is 849 g/mol. The number of benzene rings is 2. The van der Waals surface area contributed by atoms with E-state index in [2.05, 4.69) is 15.6 Å². The van der Waals surface area contributed by atoms with Gasteiger partial charge in [0.15, 0.2) is 0 Å². The highest BCUT2D eigenvalue weighted by molar-refractivity contribution is 14.1. The van der Waals surface area contributed by atoms with Crippen molar-refractivity contribution in [1.82, 2.24) is 20.2 Å². The average Bonchev–Trinajstić information content (AvgIpc) is 3.33. The highest BCUT2D eigenvalue weighted by atomic mass is 127. The Balaban J connectivity index is 1.60. The van der Waals surface area contributed by atoms with E-state index in [9.17, 15) is 58.0 Å². The van der Waals surface area contributed by atoms with Crippen molar-refractivity contribution >= 4 is 55.7 Å². The lowest BCUT2D eigenvalue weighted by atomic mass is 9.93. The van der Waals surface area contributed by atoms with E-state index in [1.54, 1.807) is 45.4 Å². The fourth-order valence-corrected chi connectivity index (χ4v) is 8.69. The van der Waals surface area contributed by atoms with Gasteiger partial charge >= 0.3 is 24.2 Å². The van der Waals surface area contributed by atoms with Crippen LogP contribution in [0.3, 0.4) is 0 Å². The van der Waals surface area contributed by atoms with Crippen LogP contribution in [0.15, 0.2) is 59.8 Å². The van der Waals surface area contributed by atoms with Crippen LogP contribution in [-0.4, -0.2) is 62.1 Å². The zero-order chi connectivity index (χ0) is 39.4. The van der Waals surface area contributed by atoms with Gasteiger partial charge in [0, 0.05) is 32.7 Å². The maximum absolute atomic E-state index is 14.7. The molecule has 19 heteroatoms. The Morgan fingerprint density at radius 3 is 2.13 bits per heavy atom. The van der Waals surface area contributed by atoms with Crippen molar-refractivity contribution in [3.05, 3.63) is 85.9 Å². The van der Waals surface area contributed by atoms with Gasteiger partial charge in [-0.15, -0.1) is 10.3 Å². The molecule has 1 aliphatic rings. The summed E-state index contributed by atoms with van der Waals surface area (Å²) in [5.41, 5.74) is -9.25. The minimum absolute atomic E-state index is 0.00622. The van der Waals surface area contributed by atoms with Crippen LogP contribution >= 0.6 is 32.9 Å². The summed E-state index contributed by atoms with van der Waals surface area (Å²) < 4.78 is 148. The zero-order valence-corrected chi connectivity index (χ0v) is 31.0. The van der Waals surface area contributed by atoms with Crippen molar-refractivity contribution < 1.29 is 58.0 Å². The molecule has 286 valence electrons. The second kappa shape index (κ2) is 14.1. The first-order valence-corrected chi connectivity index (χ1v) is 18.9. The summed E-state index contributed by atoms with van der Waals surface area (Å²) in [5.74, 6) is -3.27. The van der Waals surface area contributed by atoms with Crippen molar-refractivity contribution in [2.24, 2.45) is 5.92 Å². The van der Waals surface area contributed by atoms with Gasteiger partial charge in [-0.05, 0) is 98.1 Å². The lowest BCUT2D eigenvalue weighted by Gasteiger charge is -2.35. The minimum Gasteiger partial charge on any atom is -0.352 e. The molecule has 0 bridgehead atoms. The normalized spacial score (nSPS) is 16.8. The number of carbonyl (C=O) groups is 2. The summed E-state index contributed by atoms with van der Waals surface area (Å²) in [4.78, 5) is 30.1. The second-order valence-corrected chi connectivity index (χ2v) is 17.9. The molecule has 1 atom stereocenters. The maximum Gasteiger partial charge on any atom is 0.449 e. The summed E-state index contributed by atoms with van der Waals surface area (Å²) in [6, 6.07) is 5.31. The number of allylic oxidation sites excluding steroid dienone is 3. The number of hydrogen-bond donors (Lipinski definition) is 3. The van der Waals surface area contributed by atoms with Crippen LogP contribution in [0, 0.1) is 9.49 Å². The highest BCUT2D eigenvalue weighted by Crippen LogP contribution is 2.53. The number of rotatable bonds is 9. The predicted molar refractivity (Wildman–Crippen MR) is 185 cm³/mol. The Labute approximate surface area is 306 Å². The van der Waals surface area contributed by atoms with Crippen molar-refractivity contribution in [3.63, 3.8) is 0 Å². The average molecular weight is 883 g/mol. The van der Waals surface area contributed by atoms with Crippen LogP contribution in [0.4, 0.5) is 43.9 Å². The summed E-state index contributed by atoms with van der Waals surface area (Å²) in [6.45, 7) is 4.55. The van der Waals surface area contributed by atoms with Gasteiger partial charge in [0.2, 0.25) is 5.82 Å². The zero-order valence-electron chi connectivity index (χ0n) is 28.0. The van der Waals surface area contributed by atoms with E-state index >= 15 is 0 Å². The van der Waals surface area contributed by atoms with Crippen LogP contribution < -0.4 is 10.6 Å². The number of nitrogens with zero attached hydrogens (tertiary/aromatic N) is 2. The minimum atomic E-state index is -6.47. The van der Waals surface area contributed by atoms with Crippen LogP contribution in [0.1, 0.15) is 59.3 Å². The number of amides is 2. The van der Waals surface area contributed by atoms with Gasteiger partial charge in [0.05, 0.1) is 22.2 Å². The quantitative estimate of drug-likeness (QED) is 0.148. The number of halogens is 11. The van der Waals surface area contributed by atoms with E-state index in [1.165, 1.54) is 18.2 Å². The van der Waals surface area contributed by atoms with E-state index in [4.69, 9.17) is 0 Å². The first kappa shape index (κ1) is 41.4. The molecule has 4 rings (SSSR count). The molecule has 0 aliphatic heterocycles. The number of hydrogen-bond acceptors (Lipinski definition) is 4. The SMILES string of the molecule is CC1=CC(Cn2c(C(F)(F)F)nc3cc(C(F)(C(F)(F)F)C(F)(F)F)ccc32)CC=C1NC(=O)c1cccc(I)c1C(=O)NC(C)(C)CS(C)(C)O.